The molecule has 0 saturated heterocycles. The molecule has 0 radical (unpaired) electrons. The van der Waals surface area contributed by atoms with E-state index in [-0.39, 0.29) is 6.02 Å². The molecule has 0 unspecified atom stereocenters. The smallest absolute Gasteiger partial charge is 0.329 e. The Morgan fingerprint density at radius 1 is 1.40 bits per heavy atom. The molecule has 0 aromatic carbocycles. The lowest BCUT2D eigenvalue weighted by Crippen LogP contribution is -2.24. The van der Waals surface area contributed by atoms with E-state index in [0.29, 0.717) is 13.1 Å². The molecule has 0 aromatic rings. The minimum Gasteiger partial charge on any atom is -0.337 e. The molecule has 0 aliphatic rings. The van der Waals surface area contributed by atoms with Gasteiger partial charge < -0.3 is 10.2 Å². The second kappa shape index (κ2) is 13.2. The third-order valence-electron chi connectivity index (χ3n) is 1.42. The van der Waals surface area contributed by atoms with Crippen molar-refractivity contribution in [1.29, 1.82) is 0 Å². The van der Waals surface area contributed by atoms with Crippen LogP contribution in [-0.2, 0) is 4.94 Å². The average Bonchev–Trinajstić information content (AvgIpc) is 2.25. The zero-order valence-corrected chi connectivity index (χ0v) is 10.5. The van der Waals surface area contributed by atoms with Gasteiger partial charge in [0.1, 0.15) is 0 Å². The number of aliphatic imine (C=N–C) groups is 1. The number of nitrogens with one attached hydrogen (secondary N) is 1. The van der Waals surface area contributed by atoms with Crippen molar-refractivity contribution >= 4 is 6.02 Å². The van der Waals surface area contributed by atoms with Gasteiger partial charge >= 0.3 is 6.02 Å². The van der Waals surface area contributed by atoms with Crippen LogP contribution >= 0.6 is 0 Å². The quantitative estimate of drug-likeness (QED) is 0.437. The predicted octanol–water partition coefficient (Wildman–Crippen LogP) is 1.83. The molecule has 0 saturated carbocycles. The van der Waals surface area contributed by atoms with E-state index < -0.39 is 0 Å². The largest absolute Gasteiger partial charge is 0.337 e. The monoisotopic (exact) mass is 221 g/mol. The molecule has 0 spiro atoms. The zero-order valence-electron chi connectivity index (χ0n) is 10.5. The lowest BCUT2D eigenvalue weighted by atomic mass is 10.4. The van der Waals surface area contributed by atoms with Crippen LogP contribution in [0.25, 0.3) is 0 Å². The Balaban J connectivity index is 0. The topological polar surface area (TPSA) is 36.9 Å². The Kier molecular flexibility index (Phi) is 14.6. The molecule has 4 nitrogen and oxygen atoms in total. The van der Waals surface area contributed by atoms with Crippen molar-refractivity contribution in [1.82, 2.24) is 10.2 Å². The van der Waals surface area contributed by atoms with E-state index >= 15 is 0 Å². The molecule has 0 fully saturated rings. The van der Waals surface area contributed by atoms with Crippen LogP contribution in [-0.4, -0.2) is 44.7 Å². The van der Waals surface area contributed by atoms with Crippen LogP contribution in [0.5, 0.6) is 0 Å². The molecule has 92 valence electrons. The molecule has 0 aliphatic heterocycles. The van der Waals surface area contributed by atoms with E-state index in [1.165, 1.54) is 0 Å². The Morgan fingerprint density at radius 3 is 2.40 bits per heavy atom. The first kappa shape index (κ1) is 16.6. The Bertz CT molecular complexity index is 152. The number of rotatable bonds is 5. The Labute approximate surface area is 92.4 Å². The Hall–Kier alpha value is -0.840. The molecule has 1 N–H and O–H groups in total. The highest BCUT2D eigenvalue weighted by molar-refractivity contribution is 5.72. The van der Waals surface area contributed by atoms with Crippen molar-refractivity contribution in [2.24, 2.45) is 4.99 Å². The van der Waals surface area contributed by atoms with Crippen LogP contribution in [0.15, 0.2) is 4.99 Å². The van der Waals surface area contributed by atoms with E-state index in [0.717, 1.165) is 13.0 Å². The maximum Gasteiger partial charge on any atom is 0.329 e. The second-order valence-corrected chi connectivity index (χ2v) is 2.95. The number of hydrogen-bond acceptors (Lipinski definition) is 3. The fourth-order valence-electron chi connectivity index (χ4n) is 0.826. The summed E-state index contributed by atoms with van der Waals surface area (Å²) in [6, 6.07) is -0.0266. The van der Waals surface area contributed by atoms with E-state index in [1.54, 1.807) is 0 Å². The van der Waals surface area contributed by atoms with Gasteiger partial charge in [0.2, 0.25) is 0 Å². The third-order valence-corrected chi connectivity index (χ3v) is 1.42. The summed E-state index contributed by atoms with van der Waals surface area (Å²) in [5, 5.41) is 2.66. The highest BCUT2D eigenvalue weighted by atomic mass is 19.3. The maximum absolute atomic E-state index is 11.7. The molecule has 0 bridgehead atoms. The fourth-order valence-corrected chi connectivity index (χ4v) is 0.826. The molecule has 0 heterocycles. The summed E-state index contributed by atoms with van der Waals surface area (Å²) in [7, 11) is 3.97. The van der Waals surface area contributed by atoms with Crippen molar-refractivity contribution < 1.29 is 9.47 Å². The van der Waals surface area contributed by atoms with Crippen molar-refractivity contribution in [2.75, 3.05) is 33.7 Å². The molecule has 0 aliphatic carbocycles. The van der Waals surface area contributed by atoms with Gasteiger partial charge in [0, 0.05) is 17.6 Å². The first-order valence-electron chi connectivity index (χ1n) is 5.42. The first-order valence-corrected chi connectivity index (χ1v) is 5.42. The SMILES string of the molecule is CC.CCNC(=NCCCN(C)C)OF. The molecule has 0 aromatic heterocycles. The van der Waals surface area contributed by atoms with Gasteiger partial charge in [-0.3, -0.25) is 4.94 Å². The van der Waals surface area contributed by atoms with Gasteiger partial charge in [0.15, 0.2) is 0 Å². The van der Waals surface area contributed by atoms with Gasteiger partial charge in [-0.05, 0) is 34.0 Å². The molecular formula is C10H24FN3O. The van der Waals surface area contributed by atoms with Gasteiger partial charge in [0.25, 0.3) is 0 Å². The van der Waals surface area contributed by atoms with Gasteiger partial charge in [-0.1, -0.05) is 13.8 Å². The van der Waals surface area contributed by atoms with Gasteiger partial charge in [-0.2, -0.15) is 0 Å². The standard InChI is InChI=1S/C8H18FN3O.C2H6/c1-4-10-8(13-9)11-6-5-7-12(2)3;1-2/h4-7H2,1-3H3,(H,10,11);1-2H3. The van der Waals surface area contributed by atoms with Crippen molar-refractivity contribution in [3.63, 3.8) is 0 Å². The number of nitrogens with zero attached hydrogens (tertiary/aromatic N) is 2. The summed E-state index contributed by atoms with van der Waals surface area (Å²) in [4.78, 5) is 9.46. The first-order chi connectivity index (χ1) is 7.20. The average molecular weight is 221 g/mol. The fraction of sp³-hybridized carbons (Fsp3) is 0.900. The van der Waals surface area contributed by atoms with Gasteiger partial charge in [-0.25, -0.2) is 4.99 Å². The van der Waals surface area contributed by atoms with E-state index in [4.69, 9.17) is 0 Å². The van der Waals surface area contributed by atoms with Crippen LogP contribution in [0.4, 0.5) is 4.53 Å². The minimum atomic E-state index is -0.0266. The zero-order chi connectivity index (χ0) is 12.1. The van der Waals surface area contributed by atoms with Crippen LogP contribution < -0.4 is 5.32 Å². The highest BCUT2D eigenvalue weighted by Gasteiger charge is 1.97. The molecule has 0 atom stereocenters. The summed E-state index contributed by atoms with van der Waals surface area (Å²) in [5.41, 5.74) is 0. The van der Waals surface area contributed by atoms with Gasteiger partial charge in [-0.15, -0.1) is 0 Å². The third kappa shape index (κ3) is 13.2. The summed E-state index contributed by atoms with van der Waals surface area (Å²) in [5.74, 6) is 0. The summed E-state index contributed by atoms with van der Waals surface area (Å²) in [6.07, 6.45) is 0.894. The molecule has 15 heavy (non-hydrogen) atoms. The molecule has 0 amide bonds. The summed E-state index contributed by atoms with van der Waals surface area (Å²) in [6.45, 7) is 7.98. The maximum atomic E-state index is 11.7. The molecule has 0 rings (SSSR count). The van der Waals surface area contributed by atoms with E-state index in [2.05, 4.69) is 20.2 Å². The second-order valence-electron chi connectivity index (χ2n) is 2.95. The van der Waals surface area contributed by atoms with Crippen LogP contribution in [0.3, 0.4) is 0 Å². The minimum absolute atomic E-state index is 0.0266. The normalized spacial score (nSPS) is 10.7. The molecule has 5 heteroatoms. The number of amidine groups is 1. The number of hydrogen-bond donors (Lipinski definition) is 1. The van der Waals surface area contributed by atoms with Gasteiger partial charge in [0.05, 0.1) is 0 Å². The van der Waals surface area contributed by atoms with Crippen LogP contribution in [0, 0.1) is 0 Å². The summed E-state index contributed by atoms with van der Waals surface area (Å²) >= 11 is 0. The van der Waals surface area contributed by atoms with E-state index in [1.807, 2.05) is 34.9 Å². The lowest BCUT2D eigenvalue weighted by Gasteiger charge is -2.07. The predicted molar refractivity (Wildman–Crippen MR) is 62.7 cm³/mol. The lowest BCUT2D eigenvalue weighted by molar-refractivity contribution is -0.0298. The highest BCUT2D eigenvalue weighted by Crippen LogP contribution is 1.87. The van der Waals surface area contributed by atoms with Crippen molar-refractivity contribution in [3.8, 4) is 0 Å². The number of halogens is 1. The van der Waals surface area contributed by atoms with E-state index in [9.17, 15) is 4.53 Å². The molecular weight excluding hydrogens is 197 g/mol. The Morgan fingerprint density at radius 2 is 2.00 bits per heavy atom. The van der Waals surface area contributed by atoms with Crippen molar-refractivity contribution in [3.05, 3.63) is 0 Å². The van der Waals surface area contributed by atoms with Crippen LogP contribution in [0.1, 0.15) is 27.2 Å². The van der Waals surface area contributed by atoms with Crippen molar-refractivity contribution in [2.45, 2.75) is 27.2 Å². The van der Waals surface area contributed by atoms with Crippen LogP contribution in [0.2, 0.25) is 0 Å². The summed E-state index contributed by atoms with van der Waals surface area (Å²) < 4.78 is 11.7.